The lowest BCUT2D eigenvalue weighted by Crippen LogP contribution is -2.48. The molecular formula is C24H28N2O5. The topological polar surface area (TPSA) is 77.1 Å². The number of carbonyl (C=O) groups excluding carboxylic acids is 2. The van der Waals surface area contributed by atoms with Crippen LogP contribution >= 0.6 is 0 Å². The van der Waals surface area contributed by atoms with Gasteiger partial charge in [0, 0.05) is 7.05 Å². The molecule has 31 heavy (non-hydrogen) atoms. The van der Waals surface area contributed by atoms with Gasteiger partial charge in [0.15, 0.2) is 0 Å². The number of benzene rings is 2. The van der Waals surface area contributed by atoms with Crippen molar-refractivity contribution in [1.29, 1.82) is 0 Å². The number of hydrogen-bond donors (Lipinski definition) is 1. The molecule has 7 nitrogen and oxygen atoms in total. The van der Waals surface area contributed by atoms with Crippen molar-refractivity contribution >= 4 is 12.0 Å². The van der Waals surface area contributed by atoms with Gasteiger partial charge >= 0.3 is 12.0 Å². The summed E-state index contributed by atoms with van der Waals surface area (Å²) in [5.41, 5.74) is 3.81. The zero-order valence-corrected chi connectivity index (χ0v) is 18.5. The molecule has 1 aliphatic rings. The summed E-state index contributed by atoms with van der Waals surface area (Å²) in [6, 6.07) is 12.0. The maximum Gasteiger partial charge on any atom is 0.338 e. The maximum atomic E-state index is 12.9. The van der Waals surface area contributed by atoms with Crippen LogP contribution in [0.3, 0.4) is 0 Å². The van der Waals surface area contributed by atoms with E-state index in [4.69, 9.17) is 14.2 Å². The molecule has 0 aliphatic carbocycles. The van der Waals surface area contributed by atoms with Crippen molar-refractivity contribution in [3.63, 3.8) is 0 Å². The van der Waals surface area contributed by atoms with Gasteiger partial charge in [0.2, 0.25) is 0 Å². The zero-order chi connectivity index (χ0) is 22.5. The van der Waals surface area contributed by atoms with E-state index in [1.165, 1.54) is 4.90 Å². The number of nitrogens with one attached hydrogen (secondary N) is 1. The smallest absolute Gasteiger partial charge is 0.338 e. The Balaban J connectivity index is 2.01. The van der Waals surface area contributed by atoms with E-state index in [0.29, 0.717) is 22.8 Å². The van der Waals surface area contributed by atoms with Crippen molar-refractivity contribution < 1.29 is 23.8 Å². The van der Waals surface area contributed by atoms with Gasteiger partial charge in [-0.05, 0) is 61.7 Å². The molecule has 2 aromatic carbocycles. The zero-order valence-electron chi connectivity index (χ0n) is 18.5. The molecule has 2 aromatic rings. The minimum atomic E-state index is -0.660. The van der Waals surface area contributed by atoms with Gasteiger partial charge in [-0.25, -0.2) is 9.59 Å². The van der Waals surface area contributed by atoms with Gasteiger partial charge < -0.3 is 19.5 Å². The average Bonchev–Trinajstić information content (AvgIpc) is 2.77. The van der Waals surface area contributed by atoms with E-state index in [1.807, 2.05) is 44.2 Å². The highest BCUT2D eigenvalue weighted by atomic mass is 16.5. The highest BCUT2D eigenvalue weighted by Gasteiger charge is 2.37. The number of amides is 2. The molecule has 0 fully saturated rings. The number of carbonyl (C=O) groups is 2. The second-order valence-corrected chi connectivity index (χ2v) is 7.33. The molecule has 0 bridgehead atoms. The van der Waals surface area contributed by atoms with Gasteiger partial charge in [0.25, 0.3) is 0 Å². The van der Waals surface area contributed by atoms with Crippen molar-refractivity contribution in [3.8, 4) is 11.5 Å². The first kappa shape index (κ1) is 22.2. The summed E-state index contributed by atoms with van der Waals surface area (Å²) in [5, 5.41) is 2.89. The average molecular weight is 424 g/mol. The summed E-state index contributed by atoms with van der Waals surface area (Å²) in [6.45, 7) is 6.05. The molecule has 164 valence electrons. The quantitative estimate of drug-likeness (QED) is 0.682. The molecular weight excluding hydrogens is 396 g/mol. The molecule has 2 amide bonds. The van der Waals surface area contributed by atoms with Crippen LogP contribution in [0.1, 0.15) is 29.7 Å². The molecule has 0 saturated heterocycles. The van der Waals surface area contributed by atoms with Crippen molar-refractivity contribution in [2.75, 3.05) is 27.4 Å². The van der Waals surface area contributed by atoms with Crippen LogP contribution in [0.5, 0.6) is 11.5 Å². The lowest BCUT2D eigenvalue weighted by Gasteiger charge is -2.34. The number of rotatable bonds is 7. The predicted molar refractivity (Wildman–Crippen MR) is 117 cm³/mol. The number of esters is 1. The Labute approximate surface area is 182 Å². The summed E-state index contributed by atoms with van der Waals surface area (Å²) in [4.78, 5) is 27.0. The largest absolute Gasteiger partial charge is 0.497 e. The fraction of sp³-hybridized carbons (Fsp3) is 0.333. The SMILES string of the molecule is CCOC(=O)C1=C(COc2ccc(C)c(C)c2)N(C)C(=O)NC1c1ccc(OC)cc1. The third-order valence-corrected chi connectivity index (χ3v) is 5.38. The summed E-state index contributed by atoms with van der Waals surface area (Å²) in [6.07, 6.45) is 0. The van der Waals surface area contributed by atoms with Gasteiger partial charge in [-0.15, -0.1) is 0 Å². The Morgan fingerprint density at radius 1 is 1.06 bits per heavy atom. The van der Waals surface area contributed by atoms with Gasteiger partial charge in [-0.1, -0.05) is 18.2 Å². The number of ether oxygens (including phenoxy) is 3. The van der Waals surface area contributed by atoms with Crippen LogP contribution in [-0.2, 0) is 9.53 Å². The molecule has 1 N–H and O–H groups in total. The van der Waals surface area contributed by atoms with E-state index in [9.17, 15) is 9.59 Å². The molecule has 1 unspecified atom stereocenters. The normalized spacial score (nSPS) is 16.1. The van der Waals surface area contributed by atoms with Crippen LogP contribution in [0.4, 0.5) is 4.79 Å². The lowest BCUT2D eigenvalue weighted by atomic mass is 9.94. The third-order valence-electron chi connectivity index (χ3n) is 5.38. The summed E-state index contributed by atoms with van der Waals surface area (Å²) >= 11 is 0. The van der Waals surface area contributed by atoms with Crippen molar-refractivity contribution in [2.45, 2.75) is 26.8 Å². The minimum Gasteiger partial charge on any atom is -0.497 e. The van der Waals surface area contributed by atoms with E-state index in [1.54, 1.807) is 33.2 Å². The number of aryl methyl sites for hydroxylation is 2. The van der Waals surface area contributed by atoms with Crippen LogP contribution in [0, 0.1) is 13.8 Å². The molecule has 0 radical (unpaired) electrons. The third kappa shape index (κ3) is 4.82. The second-order valence-electron chi connectivity index (χ2n) is 7.33. The predicted octanol–water partition coefficient (Wildman–Crippen LogP) is 3.90. The fourth-order valence-corrected chi connectivity index (χ4v) is 3.38. The van der Waals surface area contributed by atoms with Gasteiger partial charge in [-0.3, -0.25) is 4.90 Å². The minimum absolute atomic E-state index is 0.0488. The molecule has 0 saturated carbocycles. The molecule has 0 aromatic heterocycles. The number of urea groups is 1. The van der Waals surface area contributed by atoms with Gasteiger partial charge in [0.1, 0.15) is 18.1 Å². The van der Waals surface area contributed by atoms with E-state index in [2.05, 4.69) is 5.32 Å². The Morgan fingerprint density at radius 2 is 1.74 bits per heavy atom. The first-order chi connectivity index (χ1) is 14.8. The Bertz CT molecular complexity index is 998. The van der Waals surface area contributed by atoms with Crippen LogP contribution < -0.4 is 14.8 Å². The standard InChI is InChI=1S/C24H28N2O5/c1-6-30-23(27)21-20(14-31-19-10-7-15(2)16(3)13-19)26(4)24(28)25-22(21)17-8-11-18(29-5)12-9-17/h7-13,22H,6,14H2,1-5H3,(H,25,28). The monoisotopic (exact) mass is 424 g/mol. The van der Waals surface area contributed by atoms with Crippen LogP contribution in [0.25, 0.3) is 0 Å². The summed E-state index contributed by atoms with van der Waals surface area (Å²) in [7, 11) is 3.19. The molecule has 0 spiro atoms. The highest BCUT2D eigenvalue weighted by molar-refractivity contribution is 5.95. The molecule has 1 heterocycles. The summed E-state index contributed by atoms with van der Waals surface area (Å²) in [5.74, 6) is 0.857. The number of methoxy groups -OCH3 is 1. The van der Waals surface area contributed by atoms with E-state index in [-0.39, 0.29) is 19.2 Å². The highest BCUT2D eigenvalue weighted by Crippen LogP contribution is 2.32. The number of hydrogen-bond acceptors (Lipinski definition) is 5. The Kier molecular flexibility index (Phi) is 6.84. The van der Waals surface area contributed by atoms with Crippen molar-refractivity contribution in [3.05, 3.63) is 70.4 Å². The van der Waals surface area contributed by atoms with Crippen LogP contribution in [-0.4, -0.2) is 44.3 Å². The van der Waals surface area contributed by atoms with Crippen molar-refractivity contribution in [2.24, 2.45) is 0 Å². The Morgan fingerprint density at radius 3 is 2.35 bits per heavy atom. The van der Waals surface area contributed by atoms with Crippen molar-refractivity contribution in [1.82, 2.24) is 10.2 Å². The van der Waals surface area contributed by atoms with Crippen LogP contribution in [0.15, 0.2) is 53.7 Å². The Hall–Kier alpha value is -3.48. The van der Waals surface area contributed by atoms with E-state index in [0.717, 1.165) is 16.7 Å². The first-order valence-corrected chi connectivity index (χ1v) is 10.1. The molecule has 1 aliphatic heterocycles. The summed E-state index contributed by atoms with van der Waals surface area (Å²) < 4.78 is 16.5. The number of likely N-dealkylation sites (N-methyl/N-ethyl adjacent to an activating group) is 1. The molecule has 3 rings (SSSR count). The number of nitrogens with zero attached hydrogens (tertiary/aromatic N) is 1. The lowest BCUT2D eigenvalue weighted by molar-refractivity contribution is -0.139. The first-order valence-electron chi connectivity index (χ1n) is 10.1. The van der Waals surface area contributed by atoms with E-state index < -0.39 is 12.0 Å². The molecule has 1 atom stereocenters. The van der Waals surface area contributed by atoms with Gasteiger partial charge in [-0.2, -0.15) is 0 Å². The second kappa shape index (κ2) is 9.55. The fourth-order valence-electron chi connectivity index (χ4n) is 3.38. The van der Waals surface area contributed by atoms with E-state index >= 15 is 0 Å². The maximum absolute atomic E-state index is 12.9. The van der Waals surface area contributed by atoms with Crippen LogP contribution in [0.2, 0.25) is 0 Å². The van der Waals surface area contributed by atoms with Gasteiger partial charge in [0.05, 0.1) is 31.0 Å². The molecule has 7 heteroatoms.